The molecule has 0 atom stereocenters. The molecule has 1 aromatic rings. The number of rotatable bonds is 8. The first-order chi connectivity index (χ1) is 11.1. The summed E-state index contributed by atoms with van der Waals surface area (Å²) in [4.78, 5) is 15.7. The average molecular weight is 456 g/mol. The molecular weight excluding hydrogens is 433 g/mol. The smallest absolute Gasteiger partial charge is 0.239 e. The van der Waals surface area contributed by atoms with Gasteiger partial charge >= 0.3 is 0 Å². The molecule has 0 aliphatic heterocycles. The number of carbonyl (C=O) groups is 1. The lowest BCUT2D eigenvalue weighted by molar-refractivity contribution is -0.120. The van der Waals surface area contributed by atoms with Gasteiger partial charge in [-0.3, -0.25) is 4.79 Å². The first kappa shape index (κ1) is 22.5. The summed E-state index contributed by atoms with van der Waals surface area (Å²) in [5.41, 5.74) is 0.145. The van der Waals surface area contributed by atoms with Crippen LogP contribution in [0.4, 0.5) is 8.78 Å². The Kier molecular flexibility index (Phi) is 12.1. The molecule has 0 radical (unpaired) electrons. The highest BCUT2D eigenvalue weighted by Crippen LogP contribution is 2.10. The molecule has 1 aromatic carbocycles. The zero-order valence-corrected chi connectivity index (χ0v) is 16.0. The summed E-state index contributed by atoms with van der Waals surface area (Å²) in [7, 11) is 1.55. The molecule has 0 spiro atoms. The van der Waals surface area contributed by atoms with Crippen molar-refractivity contribution in [3.63, 3.8) is 0 Å². The molecule has 136 valence electrons. The number of hydrogen-bond donors (Lipinski definition) is 3. The van der Waals surface area contributed by atoms with E-state index in [4.69, 9.17) is 4.74 Å². The van der Waals surface area contributed by atoms with Gasteiger partial charge in [-0.2, -0.15) is 0 Å². The van der Waals surface area contributed by atoms with Crippen molar-refractivity contribution >= 4 is 35.8 Å². The summed E-state index contributed by atoms with van der Waals surface area (Å²) in [5, 5.41) is 8.40. The number of halogens is 3. The Labute approximate surface area is 157 Å². The monoisotopic (exact) mass is 456 g/mol. The van der Waals surface area contributed by atoms with Crippen LogP contribution in [0.25, 0.3) is 0 Å². The lowest BCUT2D eigenvalue weighted by Gasteiger charge is -2.11. The predicted molar refractivity (Wildman–Crippen MR) is 99.5 cm³/mol. The van der Waals surface area contributed by atoms with Crippen molar-refractivity contribution in [2.75, 3.05) is 33.4 Å². The molecule has 0 bridgehead atoms. The van der Waals surface area contributed by atoms with Crippen molar-refractivity contribution in [2.45, 2.75) is 13.5 Å². The second kappa shape index (κ2) is 12.9. The number of guanidine groups is 1. The molecule has 0 heterocycles. The summed E-state index contributed by atoms with van der Waals surface area (Å²) >= 11 is 0. The molecule has 9 heteroatoms. The third kappa shape index (κ3) is 8.96. The molecule has 24 heavy (non-hydrogen) atoms. The molecule has 0 saturated heterocycles. The normalized spacial score (nSPS) is 10.8. The van der Waals surface area contributed by atoms with Crippen LogP contribution in [0.2, 0.25) is 0 Å². The standard InChI is InChI=1S/C15H22F2N4O2.HI/c1-3-18-15(21-10-14(22)19-6-7-23-2)20-9-11-8-12(16)4-5-13(11)17;/h4-5,8H,3,6-7,9-10H2,1-2H3,(H,19,22)(H2,18,20,21);1H. The summed E-state index contributed by atoms with van der Waals surface area (Å²) in [5.74, 6) is -0.918. The fourth-order valence-corrected chi connectivity index (χ4v) is 1.69. The van der Waals surface area contributed by atoms with Crippen LogP contribution < -0.4 is 16.0 Å². The summed E-state index contributed by atoms with van der Waals surface area (Å²) in [6.45, 7) is 3.25. The minimum atomic E-state index is -0.525. The van der Waals surface area contributed by atoms with Crippen LogP contribution in [-0.2, 0) is 16.1 Å². The molecule has 0 aromatic heterocycles. The highest BCUT2D eigenvalue weighted by Gasteiger charge is 2.06. The van der Waals surface area contributed by atoms with Crippen molar-refractivity contribution < 1.29 is 18.3 Å². The Balaban J connectivity index is 0.00000529. The highest BCUT2D eigenvalue weighted by atomic mass is 127. The zero-order chi connectivity index (χ0) is 17.1. The Morgan fingerprint density at radius 3 is 2.67 bits per heavy atom. The maximum absolute atomic E-state index is 13.5. The number of hydrogen-bond acceptors (Lipinski definition) is 3. The van der Waals surface area contributed by atoms with E-state index in [0.717, 1.165) is 18.2 Å². The SMILES string of the molecule is CCNC(=NCc1cc(F)ccc1F)NCC(=O)NCCOC.I. The lowest BCUT2D eigenvalue weighted by atomic mass is 10.2. The number of nitrogens with one attached hydrogen (secondary N) is 3. The van der Waals surface area contributed by atoms with Crippen LogP contribution >= 0.6 is 24.0 Å². The third-order valence-corrected chi connectivity index (χ3v) is 2.80. The second-order valence-corrected chi connectivity index (χ2v) is 4.63. The number of ether oxygens (including phenoxy) is 1. The molecule has 0 fully saturated rings. The van der Waals surface area contributed by atoms with Gasteiger partial charge in [0.25, 0.3) is 0 Å². The highest BCUT2D eigenvalue weighted by molar-refractivity contribution is 14.0. The Bertz CT molecular complexity index is 544. The van der Waals surface area contributed by atoms with E-state index in [2.05, 4.69) is 20.9 Å². The van der Waals surface area contributed by atoms with Gasteiger partial charge in [0.2, 0.25) is 5.91 Å². The topological polar surface area (TPSA) is 74.8 Å². The van der Waals surface area contributed by atoms with E-state index < -0.39 is 11.6 Å². The summed E-state index contributed by atoms with van der Waals surface area (Å²) in [6.07, 6.45) is 0. The summed E-state index contributed by atoms with van der Waals surface area (Å²) in [6, 6.07) is 3.21. The third-order valence-electron chi connectivity index (χ3n) is 2.80. The number of carbonyl (C=O) groups excluding carboxylic acids is 1. The number of methoxy groups -OCH3 is 1. The van der Waals surface area contributed by atoms with Gasteiger partial charge in [0.05, 0.1) is 19.7 Å². The fraction of sp³-hybridized carbons (Fsp3) is 0.467. The van der Waals surface area contributed by atoms with Crippen LogP contribution in [0.15, 0.2) is 23.2 Å². The van der Waals surface area contributed by atoms with Gasteiger partial charge in [-0.05, 0) is 25.1 Å². The minimum Gasteiger partial charge on any atom is -0.383 e. The van der Waals surface area contributed by atoms with E-state index in [9.17, 15) is 13.6 Å². The Hall–Kier alpha value is -1.49. The minimum absolute atomic E-state index is 0. The van der Waals surface area contributed by atoms with E-state index >= 15 is 0 Å². The molecule has 1 rings (SSSR count). The summed E-state index contributed by atoms with van der Waals surface area (Å²) < 4.78 is 31.5. The van der Waals surface area contributed by atoms with E-state index in [1.807, 2.05) is 6.92 Å². The van der Waals surface area contributed by atoms with Crippen molar-refractivity contribution in [3.8, 4) is 0 Å². The average Bonchev–Trinajstić information content (AvgIpc) is 2.53. The number of nitrogens with zero attached hydrogens (tertiary/aromatic N) is 1. The van der Waals surface area contributed by atoms with Gasteiger partial charge in [0.15, 0.2) is 5.96 Å². The molecule has 6 nitrogen and oxygen atoms in total. The van der Waals surface area contributed by atoms with Gasteiger partial charge in [0, 0.05) is 25.8 Å². The van der Waals surface area contributed by atoms with E-state index in [-0.39, 0.29) is 48.5 Å². The van der Waals surface area contributed by atoms with Gasteiger partial charge < -0.3 is 20.7 Å². The molecule has 3 N–H and O–H groups in total. The maximum atomic E-state index is 13.5. The molecule has 0 saturated carbocycles. The van der Waals surface area contributed by atoms with Crippen molar-refractivity contribution in [2.24, 2.45) is 4.99 Å². The van der Waals surface area contributed by atoms with Crippen LogP contribution in [0, 0.1) is 11.6 Å². The zero-order valence-electron chi connectivity index (χ0n) is 13.7. The van der Waals surface area contributed by atoms with Crippen LogP contribution in [0.3, 0.4) is 0 Å². The van der Waals surface area contributed by atoms with E-state index in [0.29, 0.717) is 25.7 Å². The van der Waals surface area contributed by atoms with Crippen molar-refractivity contribution in [1.82, 2.24) is 16.0 Å². The largest absolute Gasteiger partial charge is 0.383 e. The lowest BCUT2D eigenvalue weighted by Crippen LogP contribution is -2.43. The molecular formula is C15H23F2IN4O2. The first-order valence-electron chi connectivity index (χ1n) is 7.28. The predicted octanol–water partition coefficient (Wildman–Crippen LogP) is 1.40. The van der Waals surface area contributed by atoms with Gasteiger partial charge in [-0.25, -0.2) is 13.8 Å². The molecule has 1 amide bonds. The molecule has 0 unspecified atom stereocenters. The van der Waals surface area contributed by atoms with Crippen molar-refractivity contribution in [3.05, 3.63) is 35.4 Å². The van der Waals surface area contributed by atoms with E-state index in [1.54, 1.807) is 7.11 Å². The van der Waals surface area contributed by atoms with Crippen LogP contribution in [0.1, 0.15) is 12.5 Å². The van der Waals surface area contributed by atoms with Gasteiger partial charge in [-0.1, -0.05) is 0 Å². The Morgan fingerprint density at radius 2 is 2.00 bits per heavy atom. The van der Waals surface area contributed by atoms with Gasteiger partial charge in [0.1, 0.15) is 11.6 Å². The van der Waals surface area contributed by atoms with Gasteiger partial charge in [-0.15, -0.1) is 24.0 Å². The van der Waals surface area contributed by atoms with Crippen molar-refractivity contribution in [1.29, 1.82) is 0 Å². The molecule has 0 aliphatic rings. The van der Waals surface area contributed by atoms with Crippen LogP contribution in [0.5, 0.6) is 0 Å². The number of benzene rings is 1. The second-order valence-electron chi connectivity index (χ2n) is 4.63. The quantitative estimate of drug-likeness (QED) is 0.239. The number of aliphatic imine (C=N–C) groups is 1. The fourth-order valence-electron chi connectivity index (χ4n) is 1.69. The van der Waals surface area contributed by atoms with Crippen LogP contribution in [-0.4, -0.2) is 45.2 Å². The Morgan fingerprint density at radius 1 is 1.25 bits per heavy atom. The van der Waals surface area contributed by atoms with E-state index in [1.165, 1.54) is 0 Å². The first-order valence-corrected chi connectivity index (χ1v) is 7.28. The molecule has 0 aliphatic carbocycles. The maximum Gasteiger partial charge on any atom is 0.239 e. The number of amides is 1.